The number of carbonyl (C=O) groups is 1. The molecule has 2 aromatic rings. The Morgan fingerprint density at radius 3 is 2.48 bits per heavy atom. The normalized spacial score (nSPS) is 12.2. The van der Waals surface area contributed by atoms with E-state index in [4.69, 9.17) is 4.74 Å². The van der Waals surface area contributed by atoms with Gasteiger partial charge in [0.05, 0.1) is 13.7 Å². The second-order valence-corrected chi connectivity index (χ2v) is 6.54. The highest BCUT2D eigenvalue weighted by Crippen LogP contribution is 2.26. The molecule has 0 aliphatic rings. The van der Waals surface area contributed by atoms with Gasteiger partial charge in [0.15, 0.2) is 0 Å². The summed E-state index contributed by atoms with van der Waals surface area (Å²) >= 11 is 1.55. The number of ether oxygens (including phenoxy) is 1. The molecular formula is C20H23NO3S. The first-order valence-electron chi connectivity index (χ1n) is 8.13. The van der Waals surface area contributed by atoms with Crippen molar-refractivity contribution >= 4 is 22.8 Å². The number of aliphatic hydroxyl groups is 1. The van der Waals surface area contributed by atoms with Gasteiger partial charge in [-0.1, -0.05) is 13.0 Å². The second-order valence-electron chi connectivity index (χ2n) is 5.37. The maximum absolute atomic E-state index is 12.4. The third-order valence-corrected chi connectivity index (χ3v) is 4.87. The van der Waals surface area contributed by atoms with Gasteiger partial charge in [-0.25, -0.2) is 0 Å². The van der Waals surface area contributed by atoms with E-state index in [-0.39, 0.29) is 12.5 Å². The molecule has 0 bridgehead atoms. The highest BCUT2D eigenvalue weighted by Gasteiger charge is 2.09. The number of methoxy groups -OCH3 is 1. The van der Waals surface area contributed by atoms with E-state index in [1.807, 2.05) is 38.1 Å². The Hall–Kier alpha value is -2.37. The Balaban J connectivity index is 2.16. The number of benzene rings is 1. The summed E-state index contributed by atoms with van der Waals surface area (Å²) in [5, 5.41) is 12.2. The predicted molar refractivity (Wildman–Crippen MR) is 103 cm³/mol. The van der Waals surface area contributed by atoms with Crippen molar-refractivity contribution in [3.63, 3.8) is 0 Å². The summed E-state index contributed by atoms with van der Waals surface area (Å²) in [6.07, 6.45) is 4.69. The Labute approximate surface area is 152 Å². The van der Waals surface area contributed by atoms with E-state index < -0.39 is 0 Å². The number of thiophene rings is 1. The maximum atomic E-state index is 12.4. The van der Waals surface area contributed by atoms with Crippen LogP contribution in [0.4, 0.5) is 0 Å². The molecule has 4 nitrogen and oxygen atoms in total. The van der Waals surface area contributed by atoms with Gasteiger partial charge in [0.1, 0.15) is 5.75 Å². The molecule has 25 heavy (non-hydrogen) atoms. The molecule has 0 saturated carbocycles. The molecule has 0 spiro atoms. The minimum Gasteiger partial charge on any atom is -0.497 e. The smallest absolute Gasteiger partial charge is 0.255 e. The fourth-order valence-electron chi connectivity index (χ4n) is 2.29. The van der Waals surface area contributed by atoms with Crippen molar-refractivity contribution in [2.75, 3.05) is 7.11 Å². The van der Waals surface area contributed by atoms with Crippen LogP contribution in [-0.4, -0.2) is 18.1 Å². The van der Waals surface area contributed by atoms with Crippen LogP contribution in [0, 0.1) is 0 Å². The van der Waals surface area contributed by atoms with Crippen molar-refractivity contribution < 1.29 is 14.6 Å². The van der Waals surface area contributed by atoms with Crippen molar-refractivity contribution in [3.05, 3.63) is 69.6 Å². The van der Waals surface area contributed by atoms with Gasteiger partial charge in [0.2, 0.25) is 0 Å². The van der Waals surface area contributed by atoms with Crippen LogP contribution < -0.4 is 10.1 Å². The van der Waals surface area contributed by atoms with Crippen molar-refractivity contribution in [1.29, 1.82) is 0 Å². The molecule has 2 N–H and O–H groups in total. The molecule has 132 valence electrons. The lowest BCUT2D eigenvalue weighted by Gasteiger charge is -2.10. The topological polar surface area (TPSA) is 58.6 Å². The van der Waals surface area contributed by atoms with Gasteiger partial charge in [-0.2, -0.15) is 0 Å². The van der Waals surface area contributed by atoms with Gasteiger partial charge in [0, 0.05) is 21.0 Å². The zero-order valence-electron chi connectivity index (χ0n) is 14.7. The van der Waals surface area contributed by atoms with Gasteiger partial charge >= 0.3 is 0 Å². The molecule has 0 radical (unpaired) electrons. The van der Waals surface area contributed by atoms with Crippen LogP contribution in [0.15, 0.2) is 54.2 Å². The molecular weight excluding hydrogens is 334 g/mol. The minimum absolute atomic E-state index is 0.0419. The molecule has 0 saturated heterocycles. The molecule has 1 amide bonds. The zero-order valence-corrected chi connectivity index (χ0v) is 15.5. The molecule has 0 aliphatic heterocycles. The van der Waals surface area contributed by atoms with Gasteiger partial charge in [0.25, 0.3) is 5.91 Å². The molecule has 2 rings (SSSR count). The minimum atomic E-state index is -0.145. The SMILES string of the molecule is C/C=C(\C=C(/CC)NC(=O)c1ccc(OC)cc1)c1ccc(CO)s1. The standard InChI is InChI=1S/C20H23NO3S/c1-4-14(19-11-10-18(13-22)25-19)12-16(5-2)21-20(23)15-6-8-17(24-3)9-7-15/h4,6-12,22H,5,13H2,1-3H3,(H,21,23)/b14-4+,16-12+. The van der Waals surface area contributed by atoms with Crippen molar-refractivity contribution in [2.45, 2.75) is 26.9 Å². The summed E-state index contributed by atoms with van der Waals surface area (Å²) in [6, 6.07) is 10.9. The van der Waals surface area contributed by atoms with E-state index in [0.717, 1.165) is 26.8 Å². The number of hydrogen-bond acceptors (Lipinski definition) is 4. The summed E-state index contributed by atoms with van der Waals surface area (Å²) in [5.41, 5.74) is 2.45. The van der Waals surface area contributed by atoms with E-state index in [0.29, 0.717) is 12.0 Å². The lowest BCUT2D eigenvalue weighted by Crippen LogP contribution is -2.22. The quantitative estimate of drug-likeness (QED) is 0.723. The highest BCUT2D eigenvalue weighted by molar-refractivity contribution is 7.13. The van der Waals surface area contributed by atoms with Crippen LogP contribution in [0.2, 0.25) is 0 Å². The van der Waals surface area contributed by atoms with Gasteiger partial charge < -0.3 is 15.2 Å². The van der Waals surface area contributed by atoms with Crippen LogP contribution in [0.1, 0.15) is 40.4 Å². The lowest BCUT2D eigenvalue weighted by molar-refractivity contribution is 0.0965. The number of rotatable bonds is 7. The van der Waals surface area contributed by atoms with E-state index in [1.165, 1.54) is 0 Å². The number of amides is 1. The molecule has 1 aromatic carbocycles. The number of aliphatic hydroxyl groups excluding tert-OH is 1. The largest absolute Gasteiger partial charge is 0.497 e. The molecule has 1 heterocycles. The average molecular weight is 357 g/mol. The van der Waals surface area contributed by atoms with Crippen LogP contribution in [0.25, 0.3) is 5.57 Å². The molecule has 0 atom stereocenters. The fourth-order valence-corrected chi connectivity index (χ4v) is 3.20. The van der Waals surface area contributed by atoms with Crippen LogP contribution in [-0.2, 0) is 6.61 Å². The third kappa shape index (κ3) is 5.05. The fraction of sp³-hybridized carbons (Fsp3) is 0.250. The number of nitrogens with one attached hydrogen (secondary N) is 1. The Kier molecular flexibility index (Phi) is 6.98. The van der Waals surface area contributed by atoms with Crippen molar-refractivity contribution in [2.24, 2.45) is 0 Å². The van der Waals surface area contributed by atoms with E-state index in [9.17, 15) is 9.90 Å². The Morgan fingerprint density at radius 2 is 1.96 bits per heavy atom. The van der Waals surface area contributed by atoms with Crippen LogP contribution in [0.3, 0.4) is 0 Å². The number of hydrogen-bond donors (Lipinski definition) is 2. The highest BCUT2D eigenvalue weighted by atomic mass is 32.1. The maximum Gasteiger partial charge on any atom is 0.255 e. The van der Waals surface area contributed by atoms with E-state index in [1.54, 1.807) is 42.7 Å². The van der Waals surface area contributed by atoms with Gasteiger partial charge in [-0.05, 0) is 61.4 Å². The van der Waals surface area contributed by atoms with Crippen molar-refractivity contribution in [3.8, 4) is 5.75 Å². The molecule has 1 aromatic heterocycles. The first-order chi connectivity index (χ1) is 12.1. The van der Waals surface area contributed by atoms with E-state index >= 15 is 0 Å². The first-order valence-corrected chi connectivity index (χ1v) is 8.95. The lowest BCUT2D eigenvalue weighted by atomic mass is 10.1. The molecule has 0 unspecified atom stereocenters. The molecule has 5 heteroatoms. The summed E-state index contributed by atoms with van der Waals surface area (Å²) in [5.74, 6) is 0.574. The van der Waals surface area contributed by atoms with Gasteiger partial charge in [-0.3, -0.25) is 4.79 Å². The Bertz CT molecular complexity index is 772. The van der Waals surface area contributed by atoms with Gasteiger partial charge in [-0.15, -0.1) is 11.3 Å². The Morgan fingerprint density at radius 1 is 1.24 bits per heavy atom. The van der Waals surface area contributed by atoms with Crippen LogP contribution in [0.5, 0.6) is 5.75 Å². The second kappa shape index (κ2) is 9.20. The summed E-state index contributed by atoms with van der Waals surface area (Å²) in [7, 11) is 1.60. The summed E-state index contributed by atoms with van der Waals surface area (Å²) in [4.78, 5) is 14.4. The summed E-state index contributed by atoms with van der Waals surface area (Å²) in [6.45, 7) is 4.00. The van der Waals surface area contributed by atoms with Crippen LogP contribution >= 0.6 is 11.3 Å². The third-order valence-electron chi connectivity index (χ3n) is 3.75. The molecule has 0 aliphatic carbocycles. The summed E-state index contributed by atoms with van der Waals surface area (Å²) < 4.78 is 5.11. The zero-order chi connectivity index (χ0) is 18.2. The van der Waals surface area contributed by atoms with E-state index in [2.05, 4.69) is 5.32 Å². The van der Waals surface area contributed by atoms with Crippen molar-refractivity contribution in [1.82, 2.24) is 5.32 Å². The first kappa shape index (κ1) is 19.0. The molecule has 0 fully saturated rings. The predicted octanol–water partition coefficient (Wildman–Crippen LogP) is 4.38. The average Bonchev–Trinajstić information content (AvgIpc) is 3.14. The number of carbonyl (C=O) groups excluding carboxylic acids is 1. The number of allylic oxidation sites excluding steroid dienone is 4. The monoisotopic (exact) mass is 357 g/mol.